The summed E-state index contributed by atoms with van der Waals surface area (Å²) in [4.78, 5) is 11.3. The van der Waals surface area contributed by atoms with Gasteiger partial charge in [0.1, 0.15) is 5.82 Å². The van der Waals surface area contributed by atoms with Gasteiger partial charge < -0.3 is 15.5 Å². The zero-order valence-corrected chi connectivity index (χ0v) is 18.0. The molecule has 26 heavy (non-hydrogen) atoms. The molecule has 142 valence electrons. The van der Waals surface area contributed by atoms with Crippen LogP contribution in [0.4, 0.5) is 9.52 Å². The lowest BCUT2D eigenvalue weighted by Gasteiger charge is -2.12. The Labute approximate surface area is 175 Å². The highest BCUT2D eigenvalue weighted by Gasteiger charge is 2.15. The van der Waals surface area contributed by atoms with E-state index in [4.69, 9.17) is 4.98 Å². The molecule has 1 aliphatic rings. The second kappa shape index (κ2) is 10.7. The highest BCUT2D eigenvalue weighted by atomic mass is 127. The number of nitrogens with one attached hydrogen (secondary N) is 2. The summed E-state index contributed by atoms with van der Waals surface area (Å²) >= 11 is 1.73. The lowest BCUT2D eigenvalue weighted by Crippen LogP contribution is -2.37. The normalized spacial score (nSPS) is 14.2. The zero-order valence-electron chi connectivity index (χ0n) is 14.9. The third-order valence-electron chi connectivity index (χ3n) is 4.19. The second-order valence-corrected chi connectivity index (χ2v) is 6.88. The van der Waals surface area contributed by atoms with Crippen LogP contribution < -0.4 is 15.5 Å². The molecule has 3 rings (SSSR count). The summed E-state index contributed by atoms with van der Waals surface area (Å²) in [5.41, 5.74) is 2.13. The Bertz CT molecular complexity index is 698. The van der Waals surface area contributed by atoms with Gasteiger partial charge in [0, 0.05) is 45.0 Å². The van der Waals surface area contributed by atoms with Gasteiger partial charge in [0.15, 0.2) is 11.1 Å². The van der Waals surface area contributed by atoms with Crippen molar-refractivity contribution in [3.05, 3.63) is 46.7 Å². The molecule has 1 fully saturated rings. The van der Waals surface area contributed by atoms with E-state index in [0.29, 0.717) is 6.54 Å². The standard InChI is InChI=1S/C18H24FN5S.HI/c1-20-17(22-12-14-4-6-15(19)7-5-14)21-9-8-16-13-25-18(23-16)24-10-2-3-11-24;/h4-7,13H,2-3,8-12H2,1H3,(H2,20,21,22);1H. The minimum atomic E-state index is -0.220. The monoisotopic (exact) mass is 489 g/mol. The number of benzene rings is 1. The molecule has 8 heteroatoms. The number of hydrogen-bond donors (Lipinski definition) is 2. The van der Waals surface area contributed by atoms with E-state index in [1.165, 1.54) is 25.0 Å². The minimum absolute atomic E-state index is 0. The number of thiazole rings is 1. The zero-order chi connectivity index (χ0) is 17.5. The number of rotatable bonds is 6. The van der Waals surface area contributed by atoms with Crippen molar-refractivity contribution in [3.63, 3.8) is 0 Å². The van der Waals surface area contributed by atoms with Gasteiger partial charge in [-0.3, -0.25) is 4.99 Å². The SMILES string of the molecule is CN=C(NCCc1csc(N2CCCC2)n1)NCc1ccc(F)cc1.I. The van der Waals surface area contributed by atoms with Crippen LogP contribution in [0, 0.1) is 5.82 Å². The maximum atomic E-state index is 12.9. The van der Waals surface area contributed by atoms with Crippen LogP contribution in [0.1, 0.15) is 24.1 Å². The van der Waals surface area contributed by atoms with Crippen LogP contribution in [-0.2, 0) is 13.0 Å². The molecule has 0 bridgehead atoms. The predicted molar refractivity (Wildman–Crippen MR) is 117 cm³/mol. The quantitative estimate of drug-likeness (QED) is 0.371. The topological polar surface area (TPSA) is 52.6 Å². The Hall–Kier alpha value is -1.42. The summed E-state index contributed by atoms with van der Waals surface area (Å²) in [5.74, 6) is 0.516. The van der Waals surface area contributed by atoms with E-state index >= 15 is 0 Å². The van der Waals surface area contributed by atoms with Crippen LogP contribution in [0.5, 0.6) is 0 Å². The Kier molecular flexibility index (Phi) is 8.56. The second-order valence-electron chi connectivity index (χ2n) is 6.04. The Balaban J connectivity index is 0.00000243. The van der Waals surface area contributed by atoms with Crippen LogP contribution in [0.15, 0.2) is 34.6 Å². The first-order chi connectivity index (χ1) is 12.2. The molecule has 0 atom stereocenters. The van der Waals surface area contributed by atoms with Gasteiger partial charge in [-0.05, 0) is 30.5 Å². The number of anilines is 1. The molecule has 0 aliphatic carbocycles. The van der Waals surface area contributed by atoms with Gasteiger partial charge in [0.05, 0.1) is 5.69 Å². The van der Waals surface area contributed by atoms with Crippen LogP contribution in [0.25, 0.3) is 0 Å². The van der Waals surface area contributed by atoms with Gasteiger partial charge in [-0.2, -0.15) is 0 Å². The molecule has 2 aromatic rings. The predicted octanol–water partition coefficient (Wildman–Crippen LogP) is 3.41. The molecule has 1 aromatic carbocycles. The number of aromatic nitrogens is 1. The molecule has 0 spiro atoms. The van der Waals surface area contributed by atoms with Crippen LogP contribution in [0.3, 0.4) is 0 Å². The van der Waals surface area contributed by atoms with E-state index in [1.54, 1.807) is 30.5 Å². The van der Waals surface area contributed by atoms with E-state index in [1.807, 2.05) is 0 Å². The lowest BCUT2D eigenvalue weighted by molar-refractivity contribution is 0.626. The van der Waals surface area contributed by atoms with Crippen molar-refractivity contribution in [2.75, 3.05) is 31.6 Å². The van der Waals surface area contributed by atoms with Gasteiger partial charge in [-0.25, -0.2) is 9.37 Å². The Morgan fingerprint density at radius 2 is 1.96 bits per heavy atom. The van der Waals surface area contributed by atoms with Gasteiger partial charge in [-0.1, -0.05) is 12.1 Å². The third kappa shape index (κ3) is 6.08. The van der Waals surface area contributed by atoms with E-state index in [2.05, 4.69) is 25.9 Å². The Morgan fingerprint density at radius 1 is 1.23 bits per heavy atom. The highest BCUT2D eigenvalue weighted by Crippen LogP contribution is 2.24. The van der Waals surface area contributed by atoms with Crippen molar-refractivity contribution >= 4 is 46.4 Å². The lowest BCUT2D eigenvalue weighted by atomic mass is 10.2. The molecular weight excluding hydrogens is 464 g/mol. The molecule has 2 N–H and O–H groups in total. The Morgan fingerprint density at radius 3 is 2.65 bits per heavy atom. The molecule has 1 saturated heterocycles. The molecule has 0 amide bonds. The number of guanidine groups is 1. The molecule has 5 nitrogen and oxygen atoms in total. The van der Waals surface area contributed by atoms with Crippen molar-refractivity contribution in [2.24, 2.45) is 4.99 Å². The minimum Gasteiger partial charge on any atom is -0.356 e. The van der Waals surface area contributed by atoms with Crippen molar-refractivity contribution in [1.29, 1.82) is 0 Å². The van der Waals surface area contributed by atoms with Crippen LogP contribution in [-0.4, -0.2) is 37.6 Å². The van der Waals surface area contributed by atoms with Crippen LogP contribution >= 0.6 is 35.3 Å². The average Bonchev–Trinajstić information content (AvgIpc) is 3.30. The summed E-state index contributed by atoms with van der Waals surface area (Å²) in [6.45, 7) is 3.64. The first-order valence-electron chi connectivity index (χ1n) is 8.63. The van der Waals surface area contributed by atoms with E-state index in [0.717, 1.165) is 48.4 Å². The molecular formula is C18H25FIN5S. The van der Waals surface area contributed by atoms with Gasteiger partial charge in [0.2, 0.25) is 0 Å². The fraction of sp³-hybridized carbons (Fsp3) is 0.444. The van der Waals surface area contributed by atoms with Gasteiger partial charge in [0.25, 0.3) is 0 Å². The van der Waals surface area contributed by atoms with Crippen molar-refractivity contribution < 1.29 is 4.39 Å². The summed E-state index contributed by atoms with van der Waals surface area (Å²) in [7, 11) is 1.74. The smallest absolute Gasteiger partial charge is 0.191 e. The highest BCUT2D eigenvalue weighted by molar-refractivity contribution is 14.0. The number of nitrogens with zero attached hydrogens (tertiary/aromatic N) is 3. The summed E-state index contributed by atoms with van der Waals surface area (Å²) < 4.78 is 12.9. The number of hydrogen-bond acceptors (Lipinski definition) is 4. The maximum Gasteiger partial charge on any atom is 0.191 e. The average molecular weight is 489 g/mol. The fourth-order valence-electron chi connectivity index (χ4n) is 2.78. The summed E-state index contributed by atoms with van der Waals surface area (Å²) in [6, 6.07) is 6.47. The van der Waals surface area contributed by atoms with E-state index < -0.39 is 0 Å². The molecule has 2 heterocycles. The number of halogens is 2. The van der Waals surface area contributed by atoms with E-state index in [9.17, 15) is 4.39 Å². The molecule has 0 radical (unpaired) electrons. The molecule has 1 aliphatic heterocycles. The fourth-order valence-corrected chi connectivity index (χ4v) is 3.70. The van der Waals surface area contributed by atoms with E-state index in [-0.39, 0.29) is 29.8 Å². The molecule has 0 unspecified atom stereocenters. The third-order valence-corrected chi connectivity index (χ3v) is 5.14. The largest absolute Gasteiger partial charge is 0.356 e. The van der Waals surface area contributed by atoms with Gasteiger partial charge in [-0.15, -0.1) is 35.3 Å². The van der Waals surface area contributed by atoms with Crippen molar-refractivity contribution in [1.82, 2.24) is 15.6 Å². The van der Waals surface area contributed by atoms with Crippen molar-refractivity contribution in [2.45, 2.75) is 25.8 Å². The van der Waals surface area contributed by atoms with Crippen LogP contribution in [0.2, 0.25) is 0 Å². The summed E-state index contributed by atoms with van der Waals surface area (Å²) in [5, 5.41) is 9.81. The molecule has 0 saturated carbocycles. The summed E-state index contributed by atoms with van der Waals surface area (Å²) in [6.07, 6.45) is 3.40. The van der Waals surface area contributed by atoms with Gasteiger partial charge >= 0.3 is 0 Å². The number of aliphatic imine (C=N–C) groups is 1. The molecule has 1 aromatic heterocycles. The van der Waals surface area contributed by atoms with Crippen molar-refractivity contribution in [3.8, 4) is 0 Å². The first kappa shape index (κ1) is 20.9. The maximum absolute atomic E-state index is 12.9. The first-order valence-corrected chi connectivity index (χ1v) is 9.51.